The van der Waals surface area contributed by atoms with Crippen molar-refractivity contribution in [2.75, 3.05) is 0 Å². The average molecular weight is 220 g/mol. The number of Topliss-reactive ketones (excluding diaryl/α,β-unsaturated/α-hetero) is 1. The quantitative estimate of drug-likeness (QED) is 0.799. The van der Waals surface area contributed by atoms with E-state index in [4.69, 9.17) is 5.11 Å². The lowest BCUT2D eigenvalue weighted by Gasteiger charge is -2.31. The van der Waals surface area contributed by atoms with Crippen LogP contribution in [0.4, 0.5) is 0 Å². The molecule has 0 radical (unpaired) electrons. The Bertz CT molecular complexity index is 371. The van der Waals surface area contributed by atoms with Gasteiger partial charge in [-0.25, -0.2) is 0 Å². The molecule has 0 saturated heterocycles. The van der Waals surface area contributed by atoms with Crippen LogP contribution in [-0.2, 0) is 11.2 Å². The summed E-state index contributed by atoms with van der Waals surface area (Å²) in [5, 5.41) is 19.5. The first-order valence-electron chi connectivity index (χ1n) is 5.59. The lowest BCUT2D eigenvalue weighted by Crippen LogP contribution is -2.36. The molecule has 0 unspecified atom stereocenters. The van der Waals surface area contributed by atoms with Gasteiger partial charge >= 0.3 is 0 Å². The molecule has 1 fully saturated rings. The third kappa shape index (κ3) is 2.61. The normalized spacial score (nSPS) is 19.7. The monoisotopic (exact) mass is 220 g/mol. The zero-order valence-electron chi connectivity index (χ0n) is 9.15. The Morgan fingerprint density at radius 2 is 1.69 bits per heavy atom. The fourth-order valence-electron chi connectivity index (χ4n) is 2.16. The van der Waals surface area contributed by atoms with Crippen LogP contribution in [0.15, 0.2) is 24.3 Å². The minimum atomic E-state index is -0.745. The van der Waals surface area contributed by atoms with Crippen LogP contribution in [0.25, 0.3) is 0 Å². The number of aromatic hydroxyl groups is 1. The number of carbonyl (C=O) groups is 1. The maximum atomic E-state index is 11.1. The number of phenolic OH excluding ortho intramolecular Hbond substituents is 1. The molecule has 0 atom stereocenters. The molecule has 0 aromatic heterocycles. The van der Waals surface area contributed by atoms with Gasteiger partial charge in [0.2, 0.25) is 0 Å². The van der Waals surface area contributed by atoms with Gasteiger partial charge in [-0.05, 0) is 30.5 Å². The number of carbonyl (C=O) groups excluding carboxylic acids is 1. The number of rotatable bonds is 2. The zero-order chi connectivity index (χ0) is 11.6. The Hall–Kier alpha value is -1.35. The second-order valence-corrected chi connectivity index (χ2v) is 4.61. The summed E-state index contributed by atoms with van der Waals surface area (Å²) in [6.45, 7) is 0. The van der Waals surface area contributed by atoms with Crippen molar-refractivity contribution in [2.24, 2.45) is 0 Å². The highest BCUT2D eigenvalue weighted by molar-refractivity contribution is 5.79. The summed E-state index contributed by atoms with van der Waals surface area (Å²) in [4.78, 5) is 11.1. The predicted molar refractivity (Wildman–Crippen MR) is 60.2 cm³/mol. The topological polar surface area (TPSA) is 57.5 Å². The van der Waals surface area contributed by atoms with Crippen LogP contribution >= 0.6 is 0 Å². The van der Waals surface area contributed by atoms with E-state index in [0.717, 1.165) is 5.56 Å². The Labute approximate surface area is 94.7 Å². The van der Waals surface area contributed by atoms with Crippen LogP contribution in [0.1, 0.15) is 31.2 Å². The first kappa shape index (κ1) is 11.1. The van der Waals surface area contributed by atoms with Crippen molar-refractivity contribution in [3.8, 4) is 5.75 Å². The fraction of sp³-hybridized carbons (Fsp3) is 0.462. The summed E-state index contributed by atoms with van der Waals surface area (Å²) in [7, 11) is 0. The molecule has 3 heteroatoms. The van der Waals surface area contributed by atoms with E-state index in [1.165, 1.54) is 0 Å². The molecule has 0 spiro atoms. The van der Waals surface area contributed by atoms with Crippen molar-refractivity contribution < 1.29 is 15.0 Å². The van der Waals surface area contributed by atoms with Gasteiger partial charge in [-0.1, -0.05) is 12.1 Å². The second kappa shape index (κ2) is 4.26. The SMILES string of the molecule is O=C1CCC(O)(Cc2ccc(O)cc2)CC1. The molecule has 3 nitrogen and oxygen atoms in total. The van der Waals surface area contributed by atoms with Crippen LogP contribution in [0.5, 0.6) is 5.75 Å². The van der Waals surface area contributed by atoms with E-state index < -0.39 is 5.60 Å². The molecule has 2 N–H and O–H groups in total. The van der Waals surface area contributed by atoms with Crippen LogP contribution < -0.4 is 0 Å². The van der Waals surface area contributed by atoms with Crippen molar-refractivity contribution >= 4 is 5.78 Å². The molecule has 0 amide bonds. The second-order valence-electron chi connectivity index (χ2n) is 4.61. The van der Waals surface area contributed by atoms with Crippen molar-refractivity contribution in [3.05, 3.63) is 29.8 Å². The summed E-state index contributed by atoms with van der Waals surface area (Å²) in [6, 6.07) is 6.85. The van der Waals surface area contributed by atoms with Crippen molar-refractivity contribution in [3.63, 3.8) is 0 Å². The van der Waals surface area contributed by atoms with Gasteiger partial charge < -0.3 is 10.2 Å². The lowest BCUT2D eigenvalue weighted by atomic mass is 9.80. The third-order valence-corrected chi connectivity index (χ3v) is 3.21. The highest BCUT2D eigenvalue weighted by atomic mass is 16.3. The maximum Gasteiger partial charge on any atom is 0.133 e. The van der Waals surface area contributed by atoms with E-state index in [1.807, 2.05) is 12.1 Å². The molecule has 86 valence electrons. The van der Waals surface area contributed by atoms with Gasteiger partial charge in [0.1, 0.15) is 11.5 Å². The molecule has 0 bridgehead atoms. The predicted octanol–water partition coefficient (Wildman–Crippen LogP) is 1.81. The summed E-state index contributed by atoms with van der Waals surface area (Å²) < 4.78 is 0. The van der Waals surface area contributed by atoms with Gasteiger partial charge in [-0.3, -0.25) is 4.79 Å². The van der Waals surface area contributed by atoms with E-state index in [0.29, 0.717) is 32.1 Å². The van der Waals surface area contributed by atoms with E-state index in [2.05, 4.69) is 0 Å². The minimum Gasteiger partial charge on any atom is -0.508 e. The highest BCUT2D eigenvalue weighted by Gasteiger charge is 2.32. The molecule has 2 rings (SSSR count). The summed E-state index contributed by atoms with van der Waals surface area (Å²) >= 11 is 0. The average Bonchev–Trinajstić information content (AvgIpc) is 2.27. The first-order valence-corrected chi connectivity index (χ1v) is 5.59. The number of benzene rings is 1. The van der Waals surface area contributed by atoms with Crippen molar-refractivity contribution in [1.29, 1.82) is 0 Å². The van der Waals surface area contributed by atoms with Crippen molar-refractivity contribution in [2.45, 2.75) is 37.7 Å². The largest absolute Gasteiger partial charge is 0.508 e. The lowest BCUT2D eigenvalue weighted by molar-refractivity contribution is -0.125. The van der Waals surface area contributed by atoms with Crippen LogP contribution in [-0.4, -0.2) is 21.6 Å². The molecule has 0 aliphatic heterocycles. The molecular weight excluding hydrogens is 204 g/mol. The zero-order valence-corrected chi connectivity index (χ0v) is 9.15. The third-order valence-electron chi connectivity index (χ3n) is 3.21. The number of hydrogen-bond donors (Lipinski definition) is 2. The van der Waals surface area contributed by atoms with Gasteiger partial charge in [-0.15, -0.1) is 0 Å². The summed E-state index contributed by atoms with van der Waals surface area (Å²) in [5.41, 5.74) is 0.250. The molecule has 0 heterocycles. The Morgan fingerprint density at radius 3 is 2.25 bits per heavy atom. The molecule has 1 aliphatic carbocycles. The molecule has 1 aromatic rings. The number of hydrogen-bond acceptors (Lipinski definition) is 3. The fourth-order valence-corrected chi connectivity index (χ4v) is 2.16. The standard InChI is InChI=1S/C13H16O3/c14-11-3-1-10(2-4-11)9-13(16)7-5-12(15)6-8-13/h1-4,14,16H,5-9H2. The number of phenols is 1. The van der Waals surface area contributed by atoms with E-state index in [-0.39, 0.29) is 11.5 Å². The summed E-state index contributed by atoms with van der Waals surface area (Å²) in [5.74, 6) is 0.477. The minimum absolute atomic E-state index is 0.231. The van der Waals surface area contributed by atoms with Gasteiger partial charge in [0.25, 0.3) is 0 Å². The molecule has 1 aromatic carbocycles. The number of ketones is 1. The van der Waals surface area contributed by atoms with E-state index >= 15 is 0 Å². The smallest absolute Gasteiger partial charge is 0.133 e. The molecular formula is C13H16O3. The first-order chi connectivity index (χ1) is 7.57. The Balaban J connectivity index is 2.03. The van der Waals surface area contributed by atoms with Crippen LogP contribution in [0.2, 0.25) is 0 Å². The number of aliphatic hydroxyl groups is 1. The molecule has 16 heavy (non-hydrogen) atoms. The van der Waals surface area contributed by atoms with E-state index in [9.17, 15) is 9.90 Å². The van der Waals surface area contributed by atoms with Gasteiger partial charge in [0, 0.05) is 19.3 Å². The highest BCUT2D eigenvalue weighted by Crippen LogP contribution is 2.29. The maximum absolute atomic E-state index is 11.1. The van der Waals surface area contributed by atoms with E-state index in [1.54, 1.807) is 12.1 Å². The van der Waals surface area contributed by atoms with Crippen LogP contribution in [0, 0.1) is 0 Å². The molecule has 1 saturated carbocycles. The van der Waals surface area contributed by atoms with Gasteiger partial charge in [0.05, 0.1) is 5.60 Å². The Kier molecular flexibility index (Phi) is 2.97. The van der Waals surface area contributed by atoms with Gasteiger partial charge in [0.15, 0.2) is 0 Å². The van der Waals surface area contributed by atoms with Crippen LogP contribution in [0.3, 0.4) is 0 Å². The molecule has 1 aliphatic rings. The Morgan fingerprint density at radius 1 is 1.12 bits per heavy atom. The van der Waals surface area contributed by atoms with Crippen molar-refractivity contribution in [1.82, 2.24) is 0 Å². The summed E-state index contributed by atoms with van der Waals surface area (Å²) in [6.07, 6.45) is 2.61. The van der Waals surface area contributed by atoms with Gasteiger partial charge in [-0.2, -0.15) is 0 Å².